The summed E-state index contributed by atoms with van der Waals surface area (Å²) in [6.07, 6.45) is 0. The third-order valence-corrected chi connectivity index (χ3v) is 9.63. The molecular weight excluding hydrogens is 569 g/mol. The molecule has 10 aromatic rings. The summed E-state index contributed by atoms with van der Waals surface area (Å²) in [5.74, 6) is 0. The van der Waals surface area contributed by atoms with Gasteiger partial charge in [-0.05, 0) is 94.6 Å². The van der Waals surface area contributed by atoms with Gasteiger partial charge in [-0.2, -0.15) is 0 Å². The molecule has 218 valence electrons. The Morgan fingerprint density at radius 3 is 1.57 bits per heavy atom. The van der Waals surface area contributed by atoms with Crippen LogP contribution in [0.25, 0.3) is 98.4 Å². The van der Waals surface area contributed by atoms with E-state index in [9.17, 15) is 2.74 Å². The molecule has 0 bridgehead atoms. The van der Waals surface area contributed by atoms with E-state index in [-0.39, 0.29) is 0 Å². The summed E-state index contributed by atoms with van der Waals surface area (Å²) < 4.78 is 25.1. The molecule has 0 spiro atoms. The van der Waals surface area contributed by atoms with E-state index < -0.39 is 0 Å². The van der Waals surface area contributed by atoms with Gasteiger partial charge in [-0.25, -0.2) is 0 Å². The zero-order chi connectivity index (χ0) is 32.6. The Bertz CT molecular complexity index is 2890. The molecule has 0 fully saturated rings. The minimum atomic E-state index is 0.314. The molecule has 0 aliphatic carbocycles. The van der Waals surface area contributed by atoms with Gasteiger partial charge < -0.3 is 4.42 Å². The molecule has 1 aromatic heterocycles. The Morgan fingerprint density at radius 2 is 0.851 bits per heavy atom. The molecule has 0 atom stereocenters. The van der Waals surface area contributed by atoms with E-state index >= 15 is 0 Å². The van der Waals surface area contributed by atoms with Crippen molar-refractivity contribution in [3.8, 4) is 33.4 Å². The first-order valence-electron chi connectivity index (χ1n) is 17.0. The number of fused-ring (bicyclic) bond motifs is 7. The Balaban J connectivity index is 1.24. The molecule has 0 unspecified atom stereocenters. The van der Waals surface area contributed by atoms with Gasteiger partial charge in [0.15, 0.2) is 0 Å². The molecule has 0 aliphatic rings. The number of hydrogen-bond donors (Lipinski definition) is 0. The van der Waals surface area contributed by atoms with Crippen molar-refractivity contribution < 1.29 is 7.16 Å². The molecule has 1 nitrogen and oxygen atoms in total. The Labute approximate surface area is 274 Å². The van der Waals surface area contributed by atoms with Crippen molar-refractivity contribution in [1.29, 1.82) is 0 Å². The summed E-state index contributed by atoms with van der Waals surface area (Å²) in [7, 11) is 0. The third-order valence-electron chi connectivity index (χ3n) is 9.63. The standard InChI is InChI=1S/C46H28O/c1-2-14-33-29(11-1)12-9-20-34(33)30-23-25-31(26-24-30)45-36-16-3-5-18-38(36)46(39-19-6-4-17-37(39)45)40-21-10-13-32-27-42-35-15-7-8-22-43(35)47-44(42)28-41(32)40/h1-28H/i27D,28D. The molecule has 0 saturated carbocycles. The van der Waals surface area contributed by atoms with Crippen molar-refractivity contribution in [1.82, 2.24) is 0 Å². The fourth-order valence-corrected chi connectivity index (χ4v) is 7.53. The van der Waals surface area contributed by atoms with Crippen LogP contribution in [0.5, 0.6) is 0 Å². The zero-order valence-corrected chi connectivity index (χ0v) is 25.4. The number of rotatable bonds is 3. The van der Waals surface area contributed by atoms with Gasteiger partial charge in [-0.1, -0.05) is 152 Å². The average Bonchev–Trinajstić information content (AvgIpc) is 3.56. The summed E-state index contributed by atoms with van der Waals surface area (Å²) in [5, 5.41) is 10.1. The summed E-state index contributed by atoms with van der Waals surface area (Å²) in [6, 6.07) is 55.7. The summed E-state index contributed by atoms with van der Waals surface area (Å²) in [4.78, 5) is 0. The Hall–Kier alpha value is -6.18. The molecular formula is C46H28O. The van der Waals surface area contributed by atoms with Gasteiger partial charge >= 0.3 is 0 Å². The second-order valence-corrected chi connectivity index (χ2v) is 12.2. The number of benzene rings is 9. The van der Waals surface area contributed by atoms with Gasteiger partial charge in [0.1, 0.15) is 11.2 Å². The highest BCUT2D eigenvalue weighted by Crippen LogP contribution is 2.46. The largest absolute Gasteiger partial charge is 0.456 e. The SMILES string of the molecule is [2H]c1c2oc3ccccc3c2c([2H])c2cccc(-c3c4ccccc4c(-c4ccc(-c5cccc6ccccc56)cc4)c4ccccc34)c12. The third kappa shape index (κ3) is 3.97. The maximum atomic E-state index is 9.51. The van der Waals surface area contributed by atoms with E-state index in [2.05, 4.69) is 121 Å². The molecule has 10 rings (SSSR count). The lowest BCUT2D eigenvalue weighted by Gasteiger charge is -2.19. The molecule has 1 heteroatoms. The summed E-state index contributed by atoms with van der Waals surface area (Å²) in [6.45, 7) is 0. The number of para-hydroxylation sites is 1. The maximum Gasteiger partial charge on any atom is 0.136 e. The fourth-order valence-electron chi connectivity index (χ4n) is 7.53. The first-order chi connectivity index (χ1) is 24.2. The minimum Gasteiger partial charge on any atom is -0.456 e. The second kappa shape index (κ2) is 10.2. The lowest BCUT2D eigenvalue weighted by Crippen LogP contribution is -1.92. The van der Waals surface area contributed by atoms with Crippen molar-refractivity contribution in [3.05, 3.63) is 170 Å². The lowest BCUT2D eigenvalue weighted by atomic mass is 9.84. The van der Waals surface area contributed by atoms with Crippen LogP contribution in [0, 0.1) is 0 Å². The molecule has 0 saturated heterocycles. The topological polar surface area (TPSA) is 13.1 Å². The van der Waals surface area contributed by atoms with E-state index in [4.69, 9.17) is 4.42 Å². The van der Waals surface area contributed by atoms with E-state index in [1.807, 2.05) is 36.4 Å². The van der Waals surface area contributed by atoms with Crippen LogP contribution in [0.2, 0.25) is 0 Å². The van der Waals surface area contributed by atoms with Gasteiger partial charge in [-0.3, -0.25) is 0 Å². The average molecular weight is 599 g/mol. The van der Waals surface area contributed by atoms with E-state index in [0.717, 1.165) is 54.4 Å². The van der Waals surface area contributed by atoms with Crippen molar-refractivity contribution in [3.63, 3.8) is 0 Å². The smallest absolute Gasteiger partial charge is 0.136 e. The monoisotopic (exact) mass is 598 g/mol. The van der Waals surface area contributed by atoms with Crippen molar-refractivity contribution >= 4 is 65.0 Å². The van der Waals surface area contributed by atoms with Crippen LogP contribution in [0.4, 0.5) is 0 Å². The Morgan fingerprint density at radius 1 is 0.319 bits per heavy atom. The van der Waals surface area contributed by atoms with Crippen LogP contribution in [-0.2, 0) is 0 Å². The quantitative estimate of drug-likeness (QED) is 0.184. The molecule has 9 aromatic carbocycles. The van der Waals surface area contributed by atoms with E-state index in [0.29, 0.717) is 28.6 Å². The van der Waals surface area contributed by atoms with Crippen molar-refractivity contribution in [2.75, 3.05) is 0 Å². The maximum absolute atomic E-state index is 9.51. The van der Waals surface area contributed by atoms with Crippen LogP contribution in [0.1, 0.15) is 2.74 Å². The first-order valence-corrected chi connectivity index (χ1v) is 16.0. The van der Waals surface area contributed by atoms with E-state index in [1.54, 1.807) is 0 Å². The first kappa shape index (κ1) is 24.1. The van der Waals surface area contributed by atoms with Crippen LogP contribution >= 0.6 is 0 Å². The molecule has 0 radical (unpaired) electrons. The molecule has 0 N–H and O–H groups in total. The zero-order valence-electron chi connectivity index (χ0n) is 27.4. The Kier molecular flexibility index (Phi) is 5.21. The fraction of sp³-hybridized carbons (Fsp3) is 0. The molecule has 1 heterocycles. The van der Waals surface area contributed by atoms with Crippen molar-refractivity contribution in [2.45, 2.75) is 0 Å². The lowest BCUT2D eigenvalue weighted by molar-refractivity contribution is 0.669. The predicted molar refractivity (Wildman–Crippen MR) is 200 cm³/mol. The van der Waals surface area contributed by atoms with Gasteiger partial charge in [0.25, 0.3) is 0 Å². The van der Waals surface area contributed by atoms with Crippen LogP contribution in [0.3, 0.4) is 0 Å². The van der Waals surface area contributed by atoms with Crippen LogP contribution in [0.15, 0.2) is 174 Å². The van der Waals surface area contributed by atoms with Gasteiger partial charge in [0.05, 0.1) is 2.74 Å². The summed E-state index contributed by atoms with van der Waals surface area (Å²) in [5.41, 5.74) is 7.91. The number of hydrogen-bond acceptors (Lipinski definition) is 1. The van der Waals surface area contributed by atoms with Gasteiger partial charge in [0, 0.05) is 10.8 Å². The highest BCUT2D eigenvalue weighted by molar-refractivity contribution is 6.24. The van der Waals surface area contributed by atoms with Gasteiger partial charge in [0.2, 0.25) is 0 Å². The molecule has 47 heavy (non-hydrogen) atoms. The predicted octanol–water partition coefficient (Wildman–Crippen LogP) is 13.2. The molecule has 0 amide bonds. The minimum absolute atomic E-state index is 0.314. The highest BCUT2D eigenvalue weighted by atomic mass is 16.3. The normalized spacial score (nSPS) is 12.4. The van der Waals surface area contributed by atoms with E-state index in [1.165, 1.54) is 27.5 Å². The van der Waals surface area contributed by atoms with Gasteiger partial charge in [-0.15, -0.1) is 0 Å². The molecule has 0 aliphatic heterocycles. The summed E-state index contributed by atoms with van der Waals surface area (Å²) >= 11 is 0. The van der Waals surface area contributed by atoms with Crippen LogP contribution in [-0.4, -0.2) is 0 Å². The second-order valence-electron chi connectivity index (χ2n) is 12.2. The van der Waals surface area contributed by atoms with Crippen LogP contribution < -0.4 is 0 Å². The highest BCUT2D eigenvalue weighted by Gasteiger charge is 2.19. The number of furan rings is 1. The van der Waals surface area contributed by atoms with Crippen molar-refractivity contribution in [2.24, 2.45) is 0 Å².